The molecule has 0 N–H and O–H groups in total. The second-order valence-corrected chi connectivity index (χ2v) is 6.85. The summed E-state index contributed by atoms with van der Waals surface area (Å²) in [5.41, 5.74) is 1.25. The van der Waals surface area contributed by atoms with Gasteiger partial charge in [-0.15, -0.1) is 0 Å². The van der Waals surface area contributed by atoms with Crippen LogP contribution in [0.1, 0.15) is 18.4 Å². The number of amides is 1. The second-order valence-electron chi connectivity index (χ2n) is 6.85. The lowest BCUT2D eigenvalue weighted by Gasteiger charge is -2.36. The molecule has 2 heterocycles. The van der Waals surface area contributed by atoms with Crippen molar-refractivity contribution in [1.82, 2.24) is 14.8 Å². The van der Waals surface area contributed by atoms with Gasteiger partial charge in [0.1, 0.15) is 0 Å². The minimum Gasteiger partial charge on any atom is -0.340 e. The normalized spacial score (nSPS) is 30.9. The number of fused-ring (bicyclic) bond motifs is 2. The minimum atomic E-state index is 0.264. The van der Waals surface area contributed by atoms with Crippen molar-refractivity contribution in [3.05, 3.63) is 42.2 Å². The molecule has 3 atom stereocenters. The van der Waals surface area contributed by atoms with Crippen molar-refractivity contribution in [2.75, 3.05) is 26.2 Å². The molecule has 2 bridgehead atoms. The smallest absolute Gasteiger partial charge is 0.226 e. The third-order valence-corrected chi connectivity index (χ3v) is 5.41. The highest BCUT2D eigenvalue weighted by molar-refractivity contribution is 5.80. The number of hydrogen-bond acceptors (Lipinski definition) is 3. The summed E-state index contributed by atoms with van der Waals surface area (Å²) in [4.78, 5) is 21.4. The third kappa shape index (κ3) is 2.68. The van der Waals surface area contributed by atoms with Crippen LogP contribution in [0.2, 0.25) is 0 Å². The highest BCUT2D eigenvalue weighted by atomic mass is 16.2. The van der Waals surface area contributed by atoms with Crippen LogP contribution in [-0.4, -0.2) is 46.9 Å². The average Bonchev–Trinajstić information content (AvgIpc) is 3.19. The number of piperazine rings is 1. The van der Waals surface area contributed by atoms with E-state index in [1.54, 1.807) is 0 Å². The summed E-state index contributed by atoms with van der Waals surface area (Å²) in [6.07, 6.45) is 10.6. The molecule has 2 aliphatic carbocycles. The van der Waals surface area contributed by atoms with Crippen LogP contribution in [0.25, 0.3) is 0 Å². The van der Waals surface area contributed by atoms with Gasteiger partial charge in [-0.25, -0.2) is 0 Å². The van der Waals surface area contributed by atoms with Crippen molar-refractivity contribution < 1.29 is 4.79 Å². The number of rotatable bonds is 3. The molecule has 4 heteroatoms. The van der Waals surface area contributed by atoms with Crippen LogP contribution < -0.4 is 0 Å². The Hall–Kier alpha value is -1.68. The first-order valence-electron chi connectivity index (χ1n) is 8.38. The molecule has 116 valence electrons. The molecule has 1 aliphatic heterocycles. The Labute approximate surface area is 131 Å². The summed E-state index contributed by atoms with van der Waals surface area (Å²) >= 11 is 0. The number of allylic oxidation sites excluding steroid dienone is 2. The summed E-state index contributed by atoms with van der Waals surface area (Å²) in [5, 5.41) is 0. The highest BCUT2D eigenvalue weighted by Gasteiger charge is 2.41. The molecular weight excluding hydrogens is 274 g/mol. The van der Waals surface area contributed by atoms with Crippen molar-refractivity contribution in [1.29, 1.82) is 0 Å². The molecule has 1 saturated heterocycles. The Kier molecular flexibility index (Phi) is 3.70. The summed E-state index contributed by atoms with van der Waals surface area (Å²) in [7, 11) is 0. The second kappa shape index (κ2) is 5.84. The van der Waals surface area contributed by atoms with Gasteiger partial charge >= 0.3 is 0 Å². The average molecular weight is 297 g/mol. The Morgan fingerprint density at radius 1 is 1.18 bits per heavy atom. The lowest BCUT2D eigenvalue weighted by Crippen LogP contribution is -2.50. The Balaban J connectivity index is 1.30. The van der Waals surface area contributed by atoms with Gasteiger partial charge < -0.3 is 4.90 Å². The SMILES string of the molecule is O=C(C1CC2C=CC1C2)N1CCN(Cc2cccnc2)CC1. The number of hydrogen-bond donors (Lipinski definition) is 0. The molecule has 1 aromatic heterocycles. The predicted molar refractivity (Wildman–Crippen MR) is 84.9 cm³/mol. The number of aromatic nitrogens is 1. The van der Waals surface area contributed by atoms with Crippen LogP contribution >= 0.6 is 0 Å². The number of nitrogens with zero attached hydrogens (tertiary/aromatic N) is 3. The van der Waals surface area contributed by atoms with Gasteiger partial charge in [0.2, 0.25) is 5.91 Å². The predicted octanol–water partition coefficient (Wildman–Crippen LogP) is 1.94. The van der Waals surface area contributed by atoms with Gasteiger partial charge in [-0.1, -0.05) is 18.2 Å². The van der Waals surface area contributed by atoms with Gasteiger partial charge in [0.25, 0.3) is 0 Å². The van der Waals surface area contributed by atoms with Crippen molar-refractivity contribution in [3.63, 3.8) is 0 Å². The molecule has 0 aromatic carbocycles. The molecule has 1 amide bonds. The van der Waals surface area contributed by atoms with Crippen molar-refractivity contribution in [3.8, 4) is 0 Å². The van der Waals surface area contributed by atoms with Crippen molar-refractivity contribution >= 4 is 5.91 Å². The Bertz CT molecular complexity index is 563. The van der Waals surface area contributed by atoms with Gasteiger partial charge in [-0.05, 0) is 36.3 Å². The van der Waals surface area contributed by atoms with Crippen molar-refractivity contribution in [2.45, 2.75) is 19.4 Å². The van der Waals surface area contributed by atoms with E-state index >= 15 is 0 Å². The summed E-state index contributed by atoms with van der Waals surface area (Å²) in [5.74, 6) is 1.86. The molecule has 1 aromatic rings. The van der Waals surface area contributed by atoms with E-state index in [4.69, 9.17) is 0 Å². The lowest BCUT2D eigenvalue weighted by molar-refractivity contribution is -0.138. The largest absolute Gasteiger partial charge is 0.340 e. The fraction of sp³-hybridized carbons (Fsp3) is 0.556. The van der Waals surface area contributed by atoms with E-state index in [1.807, 2.05) is 18.5 Å². The summed E-state index contributed by atoms with van der Waals surface area (Å²) in [6.45, 7) is 4.62. The van der Waals surface area contributed by atoms with E-state index in [0.717, 1.165) is 39.1 Å². The van der Waals surface area contributed by atoms with Gasteiger partial charge in [0.15, 0.2) is 0 Å². The fourth-order valence-corrected chi connectivity index (χ4v) is 4.18. The maximum atomic E-state index is 12.7. The van der Waals surface area contributed by atoms with Crippen LogP contribution in [0, 0.1) is 17.8 Å². The number of carbonyl (C=O) groups excluding carboxylic acids is 1. The molecule has 22 heavy (non-hydrogen) atoms. The monoisotopic (exact) mass is 297 g/mol. The van der Waals surface area contributed by atoms with Crippen LogP contribution in [-0.2, 0) is 11.3 Å². The molecule has 2 fully saturated rings. The van der Waals surface area contributed by atoms with E-state index in [-0.39, 0.29) is 5.92 Å². The van der Waals surface area contributed by atoms with Crippen LogP contribution in [0.3, 0.4) is 0 Å². The molecule has 1 saturated carbocycles. The van der Waals surface area contributed by atoms with Gasteiger partial charge in [-0.3, -0.25) is 14.7 Å². The van der Waals surface area contributed by atoms with E-state index in [9.17, 15) is 4.79 Å². The van der Waals surface area contributed by atoms with Gasteiger partial charge in [-0.2, -0.15) is 0 Å². The zero-order valence-electron chi connectivity index (χ0n) is 12.9. The summed E-state index contributed by atoms with van der Waals surface area (Å²) in [6, 6.07) is 4.10. The van der Waals surface area contributed by atoms with E-state index < -0.39 is 0 Å². The topological polar surface area (TPSA) is 36.4 Å². The number of carbonyl (C=O) groups is 1. The van der Waals surface area contributed by atoms with Gasteiger partial charge in [0.05, 0.1) is 0 Å². The van der Waals surface area contributed by atoms with Crippen LogP contribution in [0.4, 0.5) is 0 Å². The molecule has 3 aliphatic rings. The first-order chi connectivity index (χ1) is 10.8. The Morgan fingerprint density at radius 2 is 2.05 bits per heavy atom. The Morgan fingerprint density at radius 3 is 2.68 bits per heavy atom. The first-order valence-corrected chi connectivity index (χ1v) is 8.38. The highest BCUT2D eigenvalue weighted by Crippen LogP contribution is 2.44. The zero-order valence-corrected chi connectivity index (χ0v) is 12.9. The maximum Gasteiger partial charge on any atom is 0.226 e. The quantitative estimate of drug-likeness (QED) is 0.800. The maximum absolute atomic E-state index is 12.7. The van der Waals surface area contributed by atoms with E-state index in [0.29, 0.717) is 17.7 Å². The molecule has 4 rings (SSSR count). The standard InChI is InChI=1S/C18H23N3O/c22-18(17-11-14-3-4-16(17)10-14)21-8-6-20(7-9-21)13-15-2-1-5-19-12-15/h1-5,12,14,16-17H,6-11,13H2. The fourth-order valence-electron chi connectivity index (χ4n) is 4.18. The van der Waals surface area contributed by atoms with Crippen molar-refractivity contribution in [2.24, 2.45) is 17.8 Å². The van der Waals surface area contributed by atoms with Crippen LogP contribution in [0.5, 0.6) is 0 Å². The number of pyridine rings is 1. The molecule has 3 unspecified atom stereocenters. The molecular formula is C18H23N3O. The zero-order chi connectivity index (χ0) is 14.9. The molecule has 0 radical (unpaired) electrons. The summed E-state index contributed by atoms with van der Waals surface area (Å²) < 4.78 is 0. The molecule has 4 nitrogen and oxygen atoms in total. The van der Waals surface area contributed by atoms with Gasteiger partial charge in [0, 0.05) is 51.0 Å². The lowest BCUT2D eigenvalue weighted by atomic mass is 9.92. The van der Waals surface area contributed by atoms with E-state index in [1.165, 1.54) is 12.0 Å². The third-order valence-electron chi connectivity index (χ3n) is 5.41. The van der Waals surface area contributed by atoms with E-state index in [2.05, 4.69) is 33.0 Å². The van der Waals surface area contributed by atoms with Crippen LogP contribution in [0.15, 0.2) is 36.7 Å². The molecule has 0 spiro atoms. The first kappa shape index (κ1) is 13.9. The minimum absolute atomic E-state index is 0.264.